The van der Waals surface area contributed by atoms with E-state index in [1.54, 1.807) is 0 Å². The molecule has 0 atom stereocenters. The predicted molar refractivity (Wildman–Crippen MR) is 60.3 cm³/mol. The Kier molecular flexibility index (Phi) is 4.32. The van der Waals surface area contributed by atoms with Gasteiger partial charge < -0.3 is 4.74 Å². The predicted octanol–water partition coefficient (Wildman–Crippen LogP) is 2.53. The minimum Gasteiger partial charge on any atom is -0.496 e. The monoisotopic (exact) mass is 268 g/mol. The fourth-order valence-corrected chi connectivity index (χ4v) is 1.28. The van der Waals surface area contributed by atoms with E-state index in [4.69, 9.17) is 10.5 Å². The first-order chi connectivity index (χ1) is 8.93. The van der Waals surface area contributed by atoms with E-state index in [2.05, 4.69) is 9.84 Å². The van der Waals surface area contributed by atoms with Crippen molar-refractivity contribution in [2.75, 3.05) is 12.5 Å². The average Bonchev–Trinajstić information content (AvgIpc) is 2.38. The van der Waals surface area contributed by atoms with Crippen LogP contribution in [0.4, 0.5) is 18.9 Å². The van der Waals surface area contributed by atoms with Crippen molar-refractivity contribution in [3.05, 3.63) is 23.8 Å². The highest BCUT2D eigenvalue weighted by molar-refractivity contribution is 6.10. The zero-order valence-electron chi connectivity index (χ0n) is 9.62. The molecule has 0 fully saturated rings. The van der Waals surface area contributed by atoms with Gasteiger partial charge in [0.05, 0.1) is 12.8 Å². The summed E-state index contributed by atoms with van der Waals surface area (Å²) in [4.78, 5) is 0. The first-order valence-corrected chi connectivity index (χ1v) is 4.82. The van der Waals surface area contributed by atoms with Gasteiger partial charge in [-0.15, -0.1) is 0 Å². The molecule has 1 aromatic carbocycles. The van der Waals surface area contributed by atoms with E-state index in [9.17, 15) is 13.2 Å². The summed E-state index contributed by atoms with van der Waals surface area (Å²) in [5.41, 5.74) is -0.0140. The number of anilines is 1. The molecule has 1 N–H and O–H groups in total. The van der Waals surface area contributed by atoms with E-state index in [1.807, 2.05) is 5.43 Å². The van der Waals surface area contributed by atoms with Crippen molar-refractivity contribution in [2.45, 2.75) is 6.18 Å². The smallest absolute Gasteiger partial charge is 0.422 e. The molecule has 1 rings (SSSR count). The van der Waals surface area contributed by atoms with Gasteiger partial charge in [0, 0.05) is 0 Å². The minimum absolute atomic E-state index is 0.386. The quantitative estimate of drug-likeness (QED) is 0.674. The van der Waals surface area contributed by atoms with Gasteiger partial charge >= 0.3 is 6.18 Å². The second-order valence-electron chi connectivity index (χ2n) is 3.18. The highest BCUT2D eigenvalue weighted by atomic mass is 19.4. The van der Waals surface area contributed by atoms with Crippen LogP contribution < -0.4 is 10.2 Å². The van der Waals surface area contributed by atoms with Crippen molar-refractivity contribution in [1.29, 1.82) is 10.5 Å². The highest BCUT2D eigenvalue weighted by Gasteiger charge is 2.37. The topological polar surface area (TPSA) is 81.2 Å². The van der Waals surface area contributed by atoms with E-state index in [-0.39, 0.29) is 5.75 Å². The molecule has 0 radical (unpaired) electrons. The van der Waals surface area contributed by atoms with Crippen LogP contribution in [-0.4, -0.2) is 12.8 Å². The Labute approximate surface area is 106 Å². The Morgan fingerprint density at radius 1 is 1.32 bits per heavy atom. The summed E-state index contributed by atoms with van der Waals surface area (Å²) in [6.45, 7) is 0. The third-order valence-corrected chi connectivity index (χ3v) is 2.03. The number of alkyl halides is 3. The number of ether oxygens (including phenoxy) is 1. The number of nitriles is 2. The summed E-state index contributed by atoms with van der Waals surface area (Å²) in [6.07, 6.45) is -4.66. The van der Waals surface area contributed by atoms with Crippen LogP contribution in [0.2, 0.25) is 0 Å². The van der Waals surface area contributed by atoms with Crippen molar-refractivity contribution in [2.24, 2.45) is 5.10 Å². The lowest BCUT2D eigenvalue weighted by Crippen LogP contribution is -2.11. The Balaban J connectivity index is 3.27. The summed E-state index contributed by atoms with van der Waals surface area (Å²) in [6, 6.07) is 6.43. The van der Waals surface area contributed by atoms with Crippen LogP contribution in [0, 0.1) is 22.7 Å². The van der Waals surface area contributed by atoms with E-state index in [0.717, 1.165) is 19.2 Å². The van der Waals surface area contributed by atoms with Crippen molar-refractivity contribution < 1.29 is 17.9 Å². The Hall–Kier alpha value is -2.74. The van der Waals surface area contributed by atoms with Crippen molar-refractivity contribution in [1.82, 2.24) is 0 Å². The number of benzene rings is 1. The molecule has 19 heavy (non-hydrogen) atoms. The normalized spacial score (nSPS) is 10.0. The van der Waals surface area contributed by atoms with Gasteiger partial charge in [0.1, 0.15) is 23.5 Å². The molecule has 98 valence electrons. The van der Waals surface area contributed by atoms with Crippen LogP contribution in [0.3, 0.4) is 0 Å². The van der Waals surface area contributed by atoms with E-state index in [0.29, 0.717) is 0 Å². The lowest BCUT2D eigenvalue weighted by molar-refractivity contribution is -0.138. The third-order valence-electron chi connectivity index (χ3n) is 2.03. The van der Waals surface area contributed by atoms with Gasteiger partial charge in [0.25, 0.3) is 0 Å². The molecule has 0 saturated heterocycles. The van der Waals surface area contributed by atoms with Gasteiger partial charge in [-0.2, -0.15) is 28.8 Å². The molecule has 0 heterocycles. The van der Waals surface area contributed by atoms with Crippen LogP contribution in [0.15, 0.2) is 23.3 Å². The molecule has 0 unspecified atom stereocenters. The van der Waals surface area contributed by atoms with Crippen LogP contribution in [0.25, 0.3) is 0 Å². The van der Waals surface area contributed by atoms with Gasteiger partial charge in [-0.1, -0.05) is 6.07 Å². The zero-order valence-corrected chi connectivity index (χ0v) is 9.62. The first-order valence-electron chi connectivity index (χ1n) is 4.82. The number of nitrogens with one attached hydrogen (secondary N) is 1. The second kappa shape index (κ2) is 5.74. The van der Waals surface area contributed by atoms with Gasteiger partial charge in [-0.25, -0.2) is 0 Å². The van der Waals surface area contributed by atoms with E-state index >= 15 is 0 Å². The van der Waals surface area contributed by atoms with Crippen LogP contribution in [0.5, 0.6) is 5.75 Å². The zero-order chi connectivity index (χ0) is 14.5. The molecule has 5 nitrogen and oxygen atoms in total. The summed E-state index contributed by atoms with van der Waals surface area (Å²) in [5, 5.41) is 20.2. The van der Waals surface area contributed by atoms with Gasteiger partial charge in [-0.05, 0) is 12.1 Å². The maximum absolute atomic E-state index is 12.9. The standard InChI is InChI=1S/C11H7F3N4O/c1-19-9-4-2-3-8(10(9)11(12,13)14)18-17-7(5-15)6-16/h2-4,18H,1H3. The minimum atomic E-state index is -4.66. The van der Waals surface area contributed by atoms with Gasteiger partial charge in [0.15, 0.2) is 0 Å². The molecular weight excluding hydrogens is 261 g/mol. The number of methoxy groups -OCH3 is 1. The summed E-state index contributed by atoms with van der Waals surface area (Å²) >= 11 is 0. The lowest BCUT2D eigenvalue weighted by atomic mass is 10.1. The summed E-state index contributed by atoms with van der Waals surface area (Å²) in [5.74, 6) is -0.386. The van der Waals surface area contributed by atoms with Crippen LogP contribution in [-0.2, 0) is 6.18 Å². The molecule has 1 aromatic rings. The Morgan fingerprint density at radius 3 is 2.42 bits per heavy atom. The van der Waals surface area contributed by atoms with E-state index in [1.165, 1.54) is 18.2 Å². The SMILES string of the molecule is COc1cccc(NN=C(C#N)C#N)c1C(F)(F)F. The van der Waals surface area contributed by atoms with Crippen LogP contribution in [0.1, 0.15) is 5.56 Å². The molecule has 8 heteroatoms. The molecule has 0 bridgehead atoms. The largest absolute Gasteiger partial charge is 0.496 e. The Morgan fingerprint density at radius 2 is 1.95 bits per heavy atom. The number of halogens is 3. The first kappa shape index (κ1) is 14.3. The van der Waals surface area contributed by atoms with Gasteiger partial charge in [-0.3, -0.25) is 5.43 Å². The third kappa shape index (κ3) is 3.36. The molecule has 0 aliphatic heterocycles. The molecular formula is C11H7F3N4O. The summed E-state index contributed by atoms with van der Waals surface area (Å²) in [7, 11) is 1.10. The molecule has 0 spiro atoms. The summed E-state index contributed by atoms with van der Waals surface area (Å²) < 4.78 is 43.3. The van der Waals surface area contributed by atoms with E-state index < -0.39 is 23.1 Å². The Bertz CT molecular complexity index is 565. The number of hydrogen-bond donors (Lipinski definition) is 1. The fourth-order valence-electron chi connectivity index (χ4n) is 1.28. The molecule has 0 saturated carbocycles. The number of hydrazone groups is 1. The molecule has 0 aromatic heterocycles. The maximum Gasteiger partial charge on any atom is 0.422 e. The number of rotatable bonds is 3. The molecule has 0 aliphatic rings. The van der Waals surface area contributed by atoms with Gasteiger partial charge in [0.2, 0.25) is 5.71 Å². The molecule has 0 aliphatic carbocycles. The van der Waals surface area contributed by atoms with Crippen molar-refractivity contribution in [3.8, 4) is 17.9 Å². The number of nitrogens with zero attached hydrogens (tertiary/aromatic N) is 3. The van der Waals surface area contributed by atoms with Crippen LogP contribution >= 0.6 is 0 Å². The number of hydrogen-bond acceptors (Lipinski definition) is 5. The highest BCUT2D eigenvalue weighted by Crippen LogP contribution is 2.41. The average molecular weight is 268 g/mol. The molecule has 0 amide bonds. The van der Waals surface area contributed by atoms with Crippen molar-refractivity contribution >= 4 is 11.4 Å². The second-order valence-corrected chi connectivity index (χ2v) is 3.18. The lowest BCUT2D eigenvalue weighted by Gasteiger charge is -2.15. The fraction of sp³-hybridized carbons (Fsp3) is 0.182. The maximum atomic E-state index is 12.9. The van der Waals surface area contributed by atoms with Crippen molar-refractivity contribution in [3.63, 3.8) is 0 Å².